The maximum atomic E-state index is 12.4. The predicted molar refractivity (Wildman–Crippen MR) is 84.5 cm³/mol. The zero-order chi connectivity index (χ0) is 15.0. The van der Waals surface area contributed by atoms with Crippen LogP contribution in [0.1, 0.15) is 35.5 Å². The molecule has 0 saturated heterocycles. The number of carbonyl (C=O) groups is 1. The number of aromatic amines is 1. The molecule has 4 heteroatoms. The van der Waals surface area contributed by atoms with Crippen LogP contribution in [0.2, 0.25) is 0 Å². The van der Waals surface area contributed by atoms with Gasteiger partial charge in [-0.15, -0.1) is 11.6 Å². The average molecular weight is 303 g/mol. The summed E-state index contributed by atoms with van der Waals surface area (Å²) in [4.78, 5) is 17.7. The third-order valence-electron chi connectivity index (χ3n) is 4.13. The molecule has 2 heterocycles. The molecule has 1 aromatic heterocycles. The molecule has 0 saturated carbocycles. The lowest BCUT2D eigenvalue weighted by Gasteiger charge is -2.40. The van der Waals surface area contributed by atoms with Gasteiger partial charge in [0.25, 0.3) is 0 Å². The molecule has 3 nitrogen and oxygen atoms in total. The minimum Gasteiger partial charge on any atom is -0.360 e. The summed E-state index contributed by atoms with van der Waals surface area (Å²) in [5, 5.41) is 0. The van der Waals surface area contributed by atoms with Crippen molar-refractivity contribution in [1.29, 1.82) is 0 Å². The average Bonchev–Trinajstić information content (AvgIpc) is 2.85. The Morgan fingerprint density at radius 2 is 2.10 bits per heavy atom. The van der Waals surface area contributed by atoms with Crippen LogP contribution in [0, 0.1) is 6.92 Å². The SMILES string of the molecule is Cc1cc2c([nH]1)[C@H](c1ccccc1)N(C(=O)CCl)[C@@H](C)C2. The van der Waals surface area contributed by atoms with Gasteiger partial charge in [0.15, 0.2) is 0 Å². The highest BCUT2D eigenvalue weighted by molar-refractivity contribution is 6.27. The van der Waals surface area contributed by atoms with E-state index in [1.807, 2.05) is 23.1 Å². The zero-order valence-electron chi connectivity index (χ0n) is 12.3. The summed E-state index contributed by atoms with van der Waals surface area (Å²) >= 11 is 5.83. The fourth-order valence-corrected chi connectivity index (χ4v) is 3.45. The van der Waals surface area contributed by atoms with Crippen LogP contribution in [-0.4, -0.2) is 27.7 Å². The molecule has 110 valence electrons. The second kappa shape index (κ2) is 5.57. The number of fused-ring (bicyclic) bond motifs is 1. The lowest BCUT2D eigenvalue weighted by atomic mass is 9.90. The molecule has 0 radical (unpaired) electrons. The minimum absolute atomic E-state index is 0.0166. The molecule has 0 fully saturated rings. The van der Waals surface area contributed by atoms with Crippen molar-refractivity contribution in [3.63, 3.8) is 0 Å². The molecular weight excluding hydrogens is 284 g/mol. The molecule has 0 unspecified atom stereocenters. The van der Waals surface area contributed by atoms with Gasteiger partial charge in [0.05, 0.1) is 6.04 Å². The van der Waals surface area contributed by atoms with Crippen molar-refractivity contribution in [2.24, 2.45) is 0 Å². The summed E-state index contributed by atoms with van der Waals surface area (Å²) < 4.78 is 0. The number of aromatic nitrogens is 1. The summed E-state index contributed by atoms with van der Waals surface area (Å²) in [5.74, 6) is -0.00110. The summed E-state index contributed by atoms with van der Waals surface area (Å²) in [6.45, 7) is 4.14. The fraction of sp³-hybridized carbons (Fsp3) is 0.353. The highest BCUT2D eigenvalue weighted by Gasteiger charge is 2.36. The van der Waals surface area contributed by atoms with E-state index in [1.54, 1.807) is 0 Å². The number of H-pyrrole nitrogens is 1. The van der Waals surface area contributed by atoms with Crippen LogP contribution in [0.15, 0.2) is 36.4 Å². The van der Waals surface area contributed by atoms with E-state index in [0.717, 1.165) is 23.4 Å². The molecule has 0 spiro atoms. The molecule has 1 aromatic carbocycles. The number of hydrogen-bond donors (Lipinski definition) is 1. The molecule has 21 heavy (non-hydrogen) atoms. The van der Waals surface area contributed by atoms with Crippen LogP contribution in [0.5, 0.6) is 0 Å². The van der Waals surface area contributed by atoms with Gasteiger partial charge in [-0.25, -0.2) is 0 Å². The maximum Gasteiger partial charge on any atom is 0.238 e. The quantitative estimate of drug-likeness (QED) is 0.848. The summed E-state index contributed by atoms with van der Waals surface area (Å²) in [5.41, 5.74) is 4.67. The highest BCUT2D eigenvalue weighted by Crippen LogP contribution is 2.37. The Bertz CT molecular complexity index is 650. The van der Waals surface area contributed by atoms with Gasteiger partial charge in [0.1, 0.15) is 5.88 Å². The summed E-state index contributed by atoms with van der Waals surface area (Å²) in [6, 6.07) is 12.4. The van der Waals surface area contributed by atoms with Gasteiger partial charge >= 0.3 is 0 Å². The highest BCUT2D eigenvalue weighted by atomic mass is 35.5. The van der Waals surface area contributed by atoms with E-state index in [-0.39, 0.29) is 23.9 Å². The zero-order valence-corrected chi connectivity index (χ0v) is 13.0. The van der Waals surface area contributed by atoms with Crippen molar-refractivity contribution in [2.75, 3.05) is 5.88 Å². The predicted octanol–water partition coefficient (Wildman–Crippen LogP) is 3.42. The Morgan fingerprint density at radius 3 is 2.76 bits per heavy atom. The third-order valence-corrected chi connectivity index (χ3v) is 4.36. The number of nitrogens with zero attached hydrogens (tertiary/aromatic N) is 1. The van der Waals surface area contributed by atoms with Gasteiger partial charge in [-0.05, 0) is 37.5 Å². The molecule has 1 amide bonds. The second-order valence-electron chi connectivity index (χ2n) is 5.69. The minimum atomic E-state index is -0.0788. The Labute approximate surface area is 129 Å². The van der Waals surface area contributed by atoms with Crippen molar-refractivity contribution < 1.29 is 4.79 Å². The van der Waals surface area contributed by atoms with E-state index in [0.29, 0.717) is 0 Å². The molecule has 2 aromatic rings. The number of benzene rings is 1. The molecule has 2 atom stereocenters. The Morgan fingerprint density at radius 1 is 1.38 bits per heavy atom. The van der Waals surface area contributed by atoms with E-state index in [4.69, 9.17) is 11.6 Å². The number of rotatable bonds is 2. The van der Waals surface area contributed by atoms with Crippen molar-refractivity contribution in [2.45, 2.75) is 32.4 Å². The maximum absolute atomic E-state index is 12.4. The number of halogens is 1. The standard InChI is InChI=1S/C17H19ClN2O/c1-11-8-14-9-12(2)20(15(21)10-18)17(16(14)19-11)13-6-4-3-5-7-13/h3-8,12,17,19H,9-10H2,1-2H3/t12-,17-/m0/s1. The van der Waals surface area contributed by atoms with Gasteiger partial charge < -0.3 is 9.88 Å². The first-order valence-electron chi connectivity index (χ1n) is 7.22. The first-order valence-corrected chi connectivity index (χ1v) is 7.75. The van der Waals surface area contributed by atoms with Crippen LogP contribution >= 0.6 is 11.6 Å². The molecule has 0 aliphatic carbocycles. The molecule has 1 aliphatic heterocycles. The lowest BCUT2D eigenvalue weighted by molar-refractivity contribution is -0.133. The lowest BCUT2D eigenvalue weighted by Crippen LogP contribution is -2.46. The largest absolute Gasteiger partial charge is 0.360 e. The van der Waals surface area contributed by atoms with E-state index >= 15 is 0 Å². The molecular formula is C17H19ClN2O. The number of nitrogens with one attached hydrogen (secondary N) is 1. The van der Waals surface area contributed by atoms with Gasteiger partial charge in [-0.3, -0.25) is 4.79 Å². The number of alkyl halides is 1. The van der Waals surface area contributed by atoms with E-state index < -0.39 is 0 Å². The van der Waals surface area contributed by atoms with Crippen LogP contribution in [0.25, 0.3) is 0 Å². The summed E-state index contributed by atoms with van der Waals surface area (Å²) in [6.07, 6.45) is 0.867. The van der Waals surface area contributed by atoms with E-state index in [1.165, 1.54) is 5.56 Å². The van der Waals surface area contributed by atoms with Gasteiger partial charge in [0.2, 0.25) is 5.91 Å². The smallest absolute Gasteiger partial charge is 0.238 e. The number of aryl methyl sites for hydroxylation is 1. The first kappa shape index (κ1) is 14.2. The Balaban J connectivity index is 2.14. The molecule has 0 bridgehead atoms. The van der Waals surface area contributed by atoms with E-state index in [9.17, 15) is 4.79 Å². The molecule has 1 aliphatic rings. The van der Waals surface area contributed by atoms with Crippen LogP contribution in [0.4, 0.5) is 0 Å². The number of hydrogen-bond acceptors (Lipinski definition) is 1. The van der Waals surface area contributed by atoms with E-state index in [2.05, 4.69) is 37.0 Å². The summed E-state index contributed by atoms with van der Waals surface area (Å²) in [7, 11) is 0. The van der Waals surface area contributed by atoms with Gasteiger partial charge in [-0.2, -0.15) is 0 Å². The Kier molecular flexibility index (Phi) is 3.77. The van der Waals surface area contributed by atoms with Crippen LogP contribution in [-0.2, 0) is 11.2 Å². The number of amides is 1. The van der Waals surface area contributed by atoms with Gasteiger partial charge in [-0.1, -0.05) is 30.3 Å². The van der Waals surface area contributed by atoms with Crippen molar-refractivity contribution in [3.05, 3.63) is 58.9 Å². The first-order chi connectivity index (χ1) is 10.1. The third kappa shape index (κ3) is 2.46. The van der Waals surface area contributed by atoms with Crippen molar-refractivity contribution >= 4 is 17.5 Å². The van der Waals surface area contributed by atoms with Crippen LogP contribution < -0.4 is 0 Å². The van der Waals surface area contributed by atoms with Crippen LogP contribution in [0.3, 0.4) is 0 Å². The fourth-order valence-electron chi connectivity index (χ4n) is 3.31. The number of carbonyl (C=O) groups excluding carboxylic acids is 1. The van der Waals surface area contributed by atoms with Crippen molar-refractivity contribution in [3.8, 4) is 0 Å². The normalized spacial score (nSPS) is 21.2. The monoisotopic (exact) mass is 302 g/mol. The molecule has 3 rings (SSSR count). The second-order valence-corrected chi connectivity index (χ2v) is 5.96. The van der Waals surface area contributed by atoms with Crippen molar-refractivity contribution in [1.82, 2.24) is 9.88 Å². The molecule has 1 N–H and O–H groups in total. The Hall–Kier alpha value is -1.74. The van der Waals surface area contributed by atoms with Gasteiger partial charge in [0, 0.05) is 17.4 Å². The topological polar surface area (TPSA) is 36.1 Å².